The summed E-state index contributed by atoms with van der Waals surface area (Å²) in [5, 5.41) is 6.69. The van der Waals surface area contributed by atoms with Gasteiger partial charge in [0.15, 0.2) is 0 Å². The van der Waals surface area contributed by atoms with Gasteiger partial charge in [-0.25, -0.2) is 4.31 Å². The van der Waals surface area contributed by atoms with Gasteiger partial charge < -0.3 is 9.88 Å². The molecule has 3 heterocycles. The van der Waals surface area contributed by atoms with Crippen LogP contribution in [0.3, 0.4) is 0 Å². The van der Waals surface area contributed by atoms with E-state index in [1.165, 1.54) is 27.4 Å². The minimum Gasteiger partial charge on any atom is -0.353 e. The molecule has 0 spiro atoms. The highest BCUT2D eigenvalue weighted by Crippen LogP contribution is 2.32. The molecule has 1 aliphatic heterocycles. The Morgan fingerprint density at radius 1 is 1.10 bits per heavy atom. The van der Waals surface area contributed by atoms with Gasteiger partial charge in [-0.3, -0.25) is 9.48 Å². The number of carbonyl (C=O) groups excluding carboxylic acids is 1. The number of aryl methyl sites for hydroxylation is 3. The Hall–Kier alpha value is -2.51. The average molecular weight is 426 g/mol. The van der Waals surface area contributed by atoms with Crippen LogP contribution in [0.1, 0.15) is 33.9 Å². The van der Waals surface area contributed by atoms with Gasteiger partial charge in [0, 0.05) is 49.2 Å². The van der Waals surface area contributed by atoms with E-state index in [0.29, 0.717) is 13.0 Å². The van der Waals surface area contributed by atoms with E-state index in [2.05, 4.69) is 70.5 Å². The average Bonchev–Trinajstić information content (AvgIpc) is 3.19. The van der Waals surface area contributed by atoms with Crippen molar-refractivity contribution in [2.24, 2.45) is 14.1 Å². The molecule has 0 saturated heterocycles. The molecule has 0 saturated carbocycles. The molecule has 7 heteroatoms. The SMILES string of the molecule is Cc1cc(CNC=O)nn1C.Cc1cc(SN2CCc3ccccc3C2)c(C)n1C. The van der Waals surface area contributed by atoms with Crippen LogP contribution in [0.25, 0.3) is 0 Å². The van der Waals surface area contributed by atoms with E-state index in [-0.39, 0.29) is 0 Å². The summed E-state index contributed by atoms with van der Waals surface area (Å²) in [5.74, 6) is 0. The van der Waals surface area contributed by atoms with Gasteiger partial charge in [0.2, 0.25) is 6.41 Å². The maximum absolute atomic E-state index is 9.92. The van der Waals surface area contributed by atoms with Crippen molar-refractivity contribution in [1.82, 2.24) is 24.0 Å². The molecule has 160 valence electrons. The lowest BCUT2D eigenvalue weighted by Crippen LogP contribution is -2.24. The molecule has 3 aromatic rings. The highest BCUT2D eigenvalue weighted by atomic mass is 32.2. The van der Waals surface area contributed by atoms with Crippen LogP contribution in [0, 0.1) is 20.8 Å². The normalized spacial score (nSPS) is 13.4. The molecule has 0 bridgehead atoms. The standard InChI is InChI=1S/C16H20N2S.C7H11N3O/c1-12-10-16(13(2)17(12)3)19-18-9-8-14-6-4-5-7-15(14)11-18;1-6-3-7(4-8-5-11)9-10(6)2/h4-7,10H,8-9,11H2,1-3H3;3,5H,4H2,1-2H3,(H,8,11). The number of hydrogen-bond donors (Lipinski definition) is 1. The Kier molecular flexibility index (Phi) is 7.39. The lowest BCUT2D eigenvalue weighted by Gasteiger charge is -2.27. The van der Waals surface area contributed by atoms with Crippen molar-refractivity contribution in [3.8, 4) is 0 Å². The molecule has 0 radical (unpaired) electrons. The number of benzene rings is 1. The quantitative estimate of drug-likeness (QED) is 0.500. The predicted octanol–water partition coefficient (Wildman–Crippen LogP) is 3.68. The summed E-state index contributed by atoms with van der Waals surface area (Å²) < 4.78 is 6.52. The fraction of sp³-hybridized carbons (Fsp3) is 0.391. The first kappa shape index (κ1) is 22.2. The second-order valence-electron chi connectivity index (χ2n) is 7.67. The molecule has 1 amide bonds. The van der Waals surface area contributed by atoms with E-state index < -0.39 is 0 Å². The van der Waals surface area contributed by atoms with Gasteiger partial charge >= 0.3 is 0 Å². The smallest absolute Gasteiger partial charge is 0.207 e. The first-order chi connectivity index (χ1) is 14.4. The zero-order chi connectivity index (χ0) is 21.7. The molecule has 0 fully saturated rings. The number of rotatable bonds is 5. The van der Waals surface area contributed by atoms with Gasteiger partial charge in [-0.05, 0) is 62.4 Å². The number of nitrogens with one attached hydrogen (secondary N) is 1. The summed E-state index contributed by atoms with van der Waals surface area (Å²) >= 11 is 1.90. The Balaban J connectivity index is 0.000000199. The Morgan fingerprint density at radius 3 is 2.43 bits per heavy atom. The molecule has 6 nitrogen and oxygen atoms in total. The van der Waals surface area contributed by atoms with Crippen molar-refractivity contribution >= 4 is 18.4 Å². The molecule has 0 aliphatic carbocycles. The highest BCUT2D eigenvalue weighted by Gasteiger charge is 2.18. The van der Waals surface area contributed by atoms with E-state index in [0.717, 1.165) is 30.9 Å². The molecular weight excluding hydrogens is 394 g/mol. The van der Waals surface area contributed by atoms with Crippen LogP contribution in [-0.4, -0.2) is 31.6 Å². The Bertz CT molecular complexity index is 988. The van der Waals surface area contributed by atoms with Crippen LogP contribution in [0.4, 0.5) is 0 Å². The van der Waals surface area contributed by atoms with Crippen LogP contribution in [0.15, 0.2) is 41.3 Å². The third kappa shape index (κ3) is 5.34. The monoisotopic (exact) mass is 425 g/mol. The van der Waals surface area contributed by atoms with E-state index >= 15 is 0 Å². The summed E-state index contributed by atoms with van der Waals surface area (Å²) in [6.07, 6.45) is 1.83. The molecule has 1 aromatic carbocycles. The number of carbonyl (C=O) groups is 1. The van der Waals surface area contributed by atoms with Crippen LogP contribution in [0.5, 0.6) is 0 Å². The maximum atomic E-state index is 9.92. The topological polar surface area (TPSA) is 55.1 Å². The van der Waals surface area contributed by atoms with Gasteiger partial charge in [0.25, 0.3) is 0 Å². The minimum atomic E-state index is 0.505. The number of nitrogens with zero attached hydrogens (tertiary/aromatic N) is 4. The van der Waals surface area contributed by atoms with Crippen LogP contribution < -0.4 is 5.32 Å². The molecular formula is C23H31N5OS. The zero-order valence-corrected chi connectivity index (χ0v) is 19.3. The molecule has 1 N–H and O–H groups in total. The van der Waals surface area contributed by atoms with Crippen LogP contribution >= 0.6 is 11.9 Å². The number of amides is 1. The third-order valence-electron chi connectivity index (χ3n) is 5.58. The van der Waals surface area contributed by atoms with Crippen LogP contribution in [-0.2, 0) is 38.4 Å². The summed E-state index contributed by atoms with van der Waals surface area (Å²) in [6, 6.07) is 13.0. The predicted molar refractivity (Wildman–Crippen MR) is 122 cm³/mol. The van der Waals surface area contributed by atoms with Crippen molar-refractivity contribution < 1.29 is 4.79 Å². The van der Waals surface area contributed by atoms with E-state index in [4.69, 9.17) is 0 Å². The Morgan fingerprint density at radius 2 is 1.83 bits per heavy atom. The first-order valence-electron chi connectivity index (χ1n) is 10.2. The second-order valence-corrected chi connectivity index (χ2v) is 8.81. The van der Waals surface area contributed by atoms with Gasteiger partial charge in [-0.2, -0.15) is 5.10 Å². The van der Waals surface area contributed by atoms with E-state index in [9.17, 15) is 4.79 Å². The van der Waals surface area contributed by atoms with E-state index in [1.807, 2.05) is 32.0 Å². The fourth-order valence-corrected chi connectivity index (χ4v) is 4.62. The second kappa shape index (κ2) is 10.00. The molecule has 2 aromatic heterocycles. The largest absolute Gasteiger partial charge is 0.353 e. The van der Waals surface area contributed by atoms with Crippen molar-refractivity contribution in [3.63, 3.8) is 0 Å². The molecule has 4 rings (SSSR count). The van der Waals surface area contributed by atoms with Crippen molar-refractivity contribution in [2.75, 3.05) is 6.54 Å². The summed E-state index contributed by atoms with van der Waals surface area (Å²) in [7, 11) is 4.01. The number of hydrogen-bond acceptors (Lipinski definition) is 4. The molecule has 0 atom stereocenters. The van der Waals surface area contributed by atoms with Gasteiger partial charge in [-0.1, -0.05) is 24.3 Å². The Labute approximate surface area is 183 Å². The number of fused-ring (bicyclic) bond motifs is 1. The molecule has 30 heavy (non-hydrogen) atoms. The third-order valence-corrected chi connectivity index (χ3v) is 6.76. The summed E-state index contributed by atoms with van der Waals surface area (Å²) in [4.78, 5) is 11.3. The van der Waals surface area contributed by atoms with Gasteiger partial charge in [0.1, 0.15) is 0 Å². The van der Waals surface area contributed by atoms with Gasteiger partial charge in [-0.15, -0.1) is 0 Å². The zero-order valence-electron chi connectivity index (χ0n) is 18.5. The summed E-state index contributed by atoms with van der Waals surface area (Å²) in [6.45, 7) is 9.03. The number of aromatic nitrogens is 3. The molecule has 1 aliphatic rings. The van der Waals surface area contributed by atoms with Crippen LogP contribution in [0.2, 0.25) is 0 Å². The minimum absolute atomic E-state index is 0.505. The molecule has 0 unspecified atom stereocenters. The maximum Gasteiger partial charge on any atom is 0.207 e. The lowest BCUT2D eigenvalue weighted by atomic mass is 10.0. The van der Waals surface area contributed by atoms with Crippen molar-refractivity contribution in [1.29, 1.82) is 0 Å². The van der Waals surface area contributed by atoms with Crippen molar-refractivity contribution in [3.05, 3.63) is 70.3 Å². The lowest BCUT2D eigenvalue weighted by molar-refractivity contribution is -0.109. The van der Waals surface area contributed by atoms with Gasteiger partial charge in [0.05, 0.1) is 12.2 Å². The highest BCUT2D eigenvalue weighted by molar-refractivity contribution is 7.97. The first-order valence-corrected chi connectivity index (χ1v) is 11.0. The van der Waals surface area contributed by atoms with Crippen molar-refractivity contribution in [2.45, 2.75) is 45.2 Å². The fourth-order valence-electron chi connectivity index (χ4n) is 3.47. The van der Waals surface area contributed by atoms with E-state index in [1.54, 1.807) is 4.68 Å². The summed E-state index contributed by atoms with van der Waals surface area (Å²) in [5.41, 5.74) is 7.66.